The zero-order valence-electron chi connectivity index (χ0n) is 5.67. The van der Waals surface area contributed by atoms with E-state index in [2.05, 4.69) is 6.58 Å². The first-order valence-electron chi connectivity index (χ1n) is 2.61. The molecule has 0 heteroatoms. The van der Waals surface area contributed by atoms with Gasteiger partial charge in [0.15, 0.2) is 0 Å². The summed E-state index contributed by atoms with van der Waals surface area (Å²) < 4.78 is 0. The Kier molecular flexibility index (Phi) is 3.45. The molecule has 0 aliphatic rings. The standard InChI is InChI=1S/C8H8.CH3/c1-2-8-6-4-3-5-7-8;/h2-7H,1H2;1H3. The van der Waals surface area contributed by atoms with Crippen molar-refractivity contribution < 1.29 is 0 Å². The third kappa shape index (κ3) is 2.13. The molecule has 1 radical (unpaired) electrons. The van der Waals surface area contributed by atoms with Gasteiger partial charge in [0.1, 0.15) is 0 Å². The van der Waals surface area contributed by atoms with Crippen LogP contribution in [0.25, 0.3) is 6.08 Å². The van der Waals surface area contributed by atoms with Gasteiger partial charge in [0.2, 0.25) is 0 Å². The van der Waals surface area contributed by atoms with Gasteiger partial charge in [-0.3, -0.25) is 0 Å². The molecule has 0 spiro atoms. The zero-order valence-corrected chi connectivity index (χ0v) is 5.67. The minimum Gasteiger partial charge on any atom is -0.0985 e. The van der Waals surface area contributed by atoms with Crippen LogP contribution in [0, 0.1) is 7.43 Å². The van der Waals surface area contributed by atoms with Crippen molar-refractivity contribution in [3.63, 3.8) is 0 Å². The highest BCUT2D eigenvalue weighted by Crippen LogP contribution is 1.97. The lowest BCUT2D eigenvalue weighted by Gasteiger charge is -1.85. The lowest BCUT2D eigenvalue weighted by Crippen LogP contribution is -1.63. The Bertz CT molecular complexity index is 163. The van der Waals surface area contributed by atoms with Crippen LogP contribution in [0.4, 0.5) is 0 Å². The van der Waals surface area contributed by atoms with Gasteiger partial charge >= 0.3 is 0 Å². The normalized spacial score (nSPS) is 7.56. The molecule has 0 heterocycles. The molecule has 0 nitrogen and oxygen atoms in total. The van der Waals surface area contributed by atoms with Crippen LogP contribution in [-0.4, -0.2) is 0 Å². The molecule has 0 aliphatic carbocycles. The van der Waals surface area contributed by atoms with Crippen molar-refractivity contribution in [3.05, 3.63) is 49.9 Å². The van der Waals surface area contributed by atoms with Crippen molar-refractivity contribution in [1.82, 2.24) is 0 Å². The topological polar surface area (TPSA) is 0 Å². The molecule has 0 saturated heterocycles. The van der Waals surface area contributed by atoms with E-state index >= 15 is 0 Å². The second kappa shape index (κ2) is 3.90. The van der Waals surface area contributed by atoms with Gasteiger partial charge in [-0.15, -0.1) is 0 Å². The number of hydrogen-bond donors (Lipinski definition) is 0. The molecular weight excluding hydrogens is 108 g/mol. The van der Waals surface area contributed by atoms with E-state index in [0.29, 0.717) is 0 Å². The molecule has 0 bridgehead atoms. The van der Waals surface area contributed by atoms with Gasteiger partial charge in [0.25, 0.3) is 0 Å². The highest BCUT2D eigenvalue weighted by molar-refractivity contribution is 5.45. The van der Waals surface area contributed by atoms with Crippen LogP contribution in [0.3, 0.4) is 0 Å². The van der Waals surface area contributed by atoms with Gasteiger partial charge in [0, 0.05) is 0 Å². The third-order valence-electron chi connectivity index (χ3n) is 1.04. The average Bonchev–Trinajstić information content (AvgIpc) is 1.90. The molecule has 0 amide bonds. The maximum absolute atomic E-state index is 3.63. The second-order valence-electron chi connectivity index (χ2n) is 1.61. The molecule has 0 unspecified atom stereocenters. The SMILES string of the molecule is C=Cc1ccccc1.[CH3]. The monoisotopic (exact) mass is 119 g/mol. The summed E-state index contributed by atoms with van der Waals surface area (Å²) in [5, 5.41) is 0. The summed E-state index contributed by atoms with van der Waals surface area (Å²) in [6.07, 6.45) is 1.83. The Morgan fingerprint density at radius 3 is 2.00 bits per heavy atom. The molecule has 47 valence electrons. The lowest BCUT2D eigenvalue weighted by molar-refractivity contribution is 1.67. The molecule has 0 N–H and O–H groups in total. The van der Waals surface area contributed by atoms with E-state index in [1.165, 1.54) is 5.56 Å². The van der Waals surface area contributed by atoms with Crippen LogP contribution in [0.5, 0.6) is 0 Å². The van der Waals surface area contributed by atoms with Gasteiger partial charge in [0.05, 0.1) is 0 Å². The maximum Gasteiger partial charge on any atom is -0.0263 e. The first-order chi connectivity index (χ1) is 3.93. The van der Waals surface area contributed by atoms with E-state index in [1.807, 2.05) is 36.4 Å². The fourth-order valence-corrected chi connectivity index (χ4v) is 0.589. The summed E-state index contributed by atoms with van der Waals surface area (Å²) in [6, 6.07) is 10.0. The van der Waals surface area contributed by atoms with E-state index in [0.717, 1.165) is 0 Å². The number of hydrogen-bond acceptors (Lipinski definition) is 0. The summed E-state index contributed by atoms with van der Waals surface area (Å²) >= 11 is 0. The summed E-state index contributed by atoms with van der Waals surface area (Å²) in [7, 11) is 0. The third-order valence-corrected chi connectivity index (χ3v) is 1.04. The Balaban J connectivity index is 0.000000640. The van der Waals surface area contributed by atoms with Crippen LogP contribution >= 0.6 is 0 Å². The quantitative estimate of drug-likeness (QED) is 0.533. The minimum atomic E-state index is 0. The predicted octanol–water partition coefficient (Wildman–Crippen LogP) is 2.78. The second-order valence-corrected chi connectivity index (χ2v) is 1.61. The number of rotatable bonds is 1. The van der Waals surface area contributed by atoms with Crippen LogP contribution in [0.2, 0.25) is 0 Å². The minimum absolute atomic E-state index is 0. The van der Waals surface area contributed by atoms with Gasteiger partial charge in [-0.2, -0.15) is 0 Å². The first-order valence-corrected chi connectivity index (χ1v) is 2.61. The van der Waals surface area contributed by atoms with E-state index in [1.54, 1.807) is 0 Å². The highest BCUT2D eigenvalue weighted by atomic mass is 13.8. The fourth-order valence-electron chi connectivity index (χ4n) is 0.589. The summed E-state index contributed by atoms with van der Waals surface area (Å²) in [4.78, 5) is 0. The first kappa shape index (κ1) is 7.96. The van der Waals surface area contributed by atoms with Crippen LogP contribution in [0.1, 0.15) is 5.56 Å². The van der Waals surface area contributed by atoms with Crippen LogP contribution in [-0.2, 0) is 0 Å². The fraction of sp³-hybridized carbons (Fsp3) is 0. The Labute approximate surface area is 56.8 Å². The molecule has 1 rings (SSSR count). The van der Waals surface area contributed by atoms with E-state index in [-0.39, 0.29) is 7.43 Å². The van der Waals surface area contributed by atoms with Crippen LogP contribution in [0.15, 0.2) is 36.9 Å². The Hall–Kier alpha value is -1.04. The molecule has 0 saturated carbocycles. The van der Waals surface area contributed by atoms with Gasteiger partial charge in [-0.1, -0.05) is 50.4 Å². The molecule has 1 aromatic rings. The van der Waals surface area contributed by atoms with Gasteiger partial charge < -0.3 is 0 Å². The van der Waals surface area contributed by atoms with E-state index in [9.17, 15) is 0 Å². The van der Waals surface area contributed by atoms with Crippen molar-refractivity contribution >= 4 is 6.08 Å². The average molecular weight is 119 g/mol. The number of benzene rings is 1. The van der Waals surface area contributed by atoms with Crippen molar-refractivity contribution in [2.75, 3.05) is 0 Å². The predicted molar refractivity (Wildman–Crippen MR) is 42.9 cm³/mol. The van der Waals surface area contributed by atoms with E-state index in [4.69, 9.17) is 0 Å². The molecule has 9 heavy (non-hydrogen) atoms. The summed E-state index contributed by atoms with van der Waals surface area (Å²) in [5.74, 6) is 0. The molecule has 0 fully saturated rings. The van der Waals surface area contributed by atoms with Gasteiger partial charge in [-0.25, -0.2) is 0 Å². The van der Waals surface area contributed by atoms with Crippen molar-refractivity contribution in [2.24, 2.45) is 0 Å². The van der Waals surface area contributed by atoms with Gasteiger partial charge in [-0.05, 0) is 5.56 Å². The summed E-state index contributed by atoms with van der Waals surface area (Å²) in [5.41, 5.74) is 1.17. The Morgan fingerprint density at radius 2 is 1.67 bits per heavy atom. The summed E-state index contributed by atoms with van der Waals surface area (Å²) in [6.45, 7) is 3.63. The highest BCUT2D eigenvalue weighted by Gasteiger charge is 1.75. The molecule has 0 aromatic heterocycles. The largest absolute Gasteiger partial charge is 0.0985 e. The van der Waals surface area contributed by atoms with Crippen molar-refractivity contribution in [3.8, 4) is 0 Å². The molecule has 1 aromatic carbocycles. The van der Waals surface area contributed by atoms with Crippen molar-refractivity contribution in [2.45, 2.75) is 0 Å². The zero-order chi connectivity index (χ0) is 5.82. The Morgan fingerprint density at radius 1 is 1.11 bits per heavy atom. The van der Waals surface area contributed by atoms with Crippen LogP contribution < -0.4 is 0 Å². The molecule has 0 aliphatic heterocycles. The maximum atomic E-state index is 3.63. The molecule has 0 atom stereocenters. The molecular formula is C9H11. The van der Waals surface area contributed by atoms with E-state index < -0.39 is 0 Å². The lowest BCUT2D eigenvalue weighted by atomic mass is 10.2. The van der Waals surface area contributed by atoms with Crippen molar-refractivity contribution in [1.29, 1.82) is 0 Å². The smallest absolute Gasteiger partial charge is 0.0263 e.